The monoisotopic (exact) mass is 476 g/mol. The number of nitrogens with zero attached hydrogens (tertiary/aromatic N) is 2. The van der Waals surface area contributed by atoms with Gasteiger partial charge in [0.05, 0.1) is 11.4 Å². The van der Waals surface area contributed by atoms with Crippen molar-refractivity contribution in [3.8, 4) is 22.5 Å². The van der Waals surface area contributed by atoms with E-state index in [1.54, 1.807) is 11.8 Å². The van der Waals surface area contributed by atoms with Crippen LogP contribution in [0.3, 0.4) is 0 Å². The van der Waals surface area contributed by atoms with Crippen LogP contribution in [0.1, 0.15) is 41.5 Å². The van der Waals surface area contributed by atoms with Gasteiger partial charge in [-0.05, 0) is 24.3 Å². The van der Waals surface area contributed by atoms with E-state index in [0.717, 1.165) is 51.3 Å². The highest BCUT2D eigenvalue weighted by atomic mass is 32.2. The second-order valence-corrected chi connectivity index (χ2v) is 11.7. The lowest BCUT2D eigenvalue weighted by Gasteiger charge is -2.18. The molecule has 4 rings (SSSR count). The molecule has 178 valence electrons. The van der Waals surface area contributed by atoms with Crippen molar-refractivity contribution < 1.29 is 9.59 Å². The Morgan fingerprint density at radius 1 is 0.794 bits per heavy atom. The Morgan fingerprint density at radius 2 is 1.26 bits per heavy atom. The number of hydrogen-bond acceptors (Lipinski definition) is 4. The number of benzene rings is 2. The van der Waals surface area contributed by atoms with Gasteiger partial charge in [-0.1, -0.05) is 77.6 Å². The number of hydrogen-bond donors (Lipinski definition) is 2. The van der Waals surface area contributed by atoms with Gasteiger partial charge in [-0.25, -0.2) is 4.98 Å². The van der Waals surface area contributed by atoms with E-state index in [0.29, 0.717) is 0 Å². The summed E-state index contributed by atoms with van der Waals surface area (Å²) < 4.78 is 2.26. The molecule has 0 aliphatic carbocycles. The van der Waals surface area contributed by atoms with E-state index in [1.807, 2.05) is 90.1 Å². The largest absolute Gasteiger partial charge is 0.326 e. The zero-order chi connectivity index (χ0) is 24.7. The van der Waals surface area contributed by atoms with E-state index in [2.05, 4.69) is 15.2 Å². The molecule has 0 radical (unpaired) electrons. The summed E-state index contributed by atoms with van der Waals surface area (Å²) in [7, 11) is 0. The Balaban J connectivity index is 1.63. The minimum atomic E-state index is -0.452. The Labute approximate surface area is 205 Å². The maximum absolute atomic E-state index is 12.3. The number of nitrogens with one attached hydrogen (secondary N) is 2. The summed E-state index contributed by atoms with van der Waals surface area (Å²) in [4.78, 5) is 29.6. The first-order valence-electron chi connectivity index (χ1n) is 11.5. The van der Waals surface area contributed by atoms with Crippen LogP contribution in [0, 0.1) is 10.8 Å². The number of fused-ring (bicyclic) bond motifs is 1. The fourth-order valence-corrected chi connectivity index (χ4v) is 4.48. The van der Waals surface area contributed by atoms with Crippen LogP contribution in [0.2, 0.25) is 0 Å². The van der Waals surface area contributed by atoms with Crippen LogP contribution in [0.5, 0.6) is 0 Å². The van der Waals surface area contributed by atoms with E-state index in [1.165, 1.54) is 0 Å². The van der Waals surface area contributed by atoms with E-state index < -0.39 is 10.8 Å². The molecule has 1 aliphatic heterocycles. The maximum atomic E-state index is 12.3. The summed E-state index contributed by atoms with van der Waals surface area (Å²) in [5.74, 6) is 0.978. The van der Waals surface area contributed by atoms with E-state index in [4.69, 9.17) is 4.98 Å². The number of carbonyl (C=O) groups excluding carboxylic acids is 2. The van der Waals surface area contributed by atoms with Crippen molar-refractivity contribution in [2.24, 2.45) is 10.8 Å². The van der Waals surface area contributed by atoms with Gasteiger partial charge < -0.3 is 15.2 Å². The summed E-state index contributed by atoms with van der Waals surface area (Å²) in [6.45, 7) is 12.3. The average molecular weight is 477 g/mol. The summed E-state index contributed by atoms with van der Waals surface area (Å²) >= 11 is 1.76. The van der Waals surface area contributed by atoms with Gasteiger partial charge in [0.2, 0.25) is 11.8 Å². The lowest BCUT2D eigenvalue weighted by molar-refractivity contribution is -0.123. The van der Waals surface area contributed by atoms with Gasteiger partial charge in [-0.3, -0.25) is 9.59 Å². The normalized spacial score (nSPS) is 13.5. The molecule has 0 atom stereocenters. The smallest absolute Gasteiger partial charge is 0.229 e. The van der Waals surface area contributed by atoms with Crippen molar-refractivity contribution in [3.63, 3.8) is 0 Å². The van der Waals surface area contributed by atoms with Crippen LogP contribution in [-0.4, -0.2) is 27.1 Å². The molecule has 6 nitrogen and oxygen atoms in total. The van der Waals surface area contributed by atoms with Crippen molar-refractivity contribution in [3.05, 3.63) is 48.5 Å². The molecule has 34 heavy (non-hydrogen) atoms. The fourth-order valence-electron chi connectivity index (χ4n) is 3.53. The maximum Gasteiger partial charge on any atom is 0.229 e. The zero-order valence-corrected chi connectivity index (χ0v) is 21.5. The van der Waals surface area contributed by atoms with Crippen LogP contribution < -0.4 is 10.6 Å². The summed E-state index contributed by atoms with van der Waals surface area (Å²) in [5, 5.41) is 6.97. The van der Waals surface area contributed by atoms with Gasteiger partial charge in [-0.2, -0.15) is 0 Å². The van der Waals surface area contributed by atoms with Crippen LogP contribution in [0.4, 0.5) is 11.4 Å². The Morgan fingerprint density at radius 3 is 1.74 bits per heavy atom. The van der Waals surface area contributed by atoms with Gasteiger partial charge in [0, 0.05) is 45.6 Å². The molecule has 7 heteroatoms. The molecule has 0 fully saturated rings. The molecular weight excluding hydrogens is 444 g/mol. The van der Waals surface area contributed by atoms with Crippen LogP contribution in [0.25, 0.3) is 22.5 Å². The van der Waals surface area contributed by atoms with Crippen molar-refractivity contribution in [1.82, 2.24) is 9.55 Å². The van der Waals surface area contributed by atoms with Crippen molar-refractivity contribution in [2.75, 3.05) is 16.4 Å². The quantitative estimate of drug-likeness (QED) is 0.464. The van der Waals surface area contributed by atoms with E-state index >= 15 is 0 Å². The second-order valence-electron chi connectivity index (χ2n) is 10.7. The van der Waals surface area contributed by atoms with Crippen LogP contribution >= 0.6 is 11.8 Å². The first kappa shape index (κ1) is 24.1. The lowest BCUT2D eigenvalue weighted by Crippen LogP contribution is -2.27. The highest BCUT2D eigenvalue weighted by Crippen LogP contribution is 2.39. The minimum absolute atomic E-state index is 0.0128. The molecular formula is C27H32N4O2S. The molecule has 0 spiro atoms. The number of anilines is 2. The number of carbonyl (C=O) groups is 2. The third kappa shape index (κ3) is 5.04. The Hall–Kier alpha value is -3.06. The number of rotatable bonds is 4. The van der Waals surface area contributed by atoms with Gasteiger partial charge in [0.15, 0.2) is 5.16 Å². The predicted molar refractivity (Wildman–Crippen MR) is 140 cm³/mol. The minimum Gasteiger partial charge on any atom is -0.326 e. The first-order chi connectivity index (χ1) is 15.9. The summed E-state index contributed by atoms with van der Waals surface area (Å²) in [6.07, 6.45) is 0. The molecule has 3 aromatic rings. The highest BCUT2D eigenvalue weighted by Gasteiger charge is 2.25. The molecule has 2 heterocycles. The number of amides is 2. The molecule has 0 unspecified atom stereocenters. The van der Waals surface area contributed by atoms with Crippen molar-refractivity contribution in [1.29, 1.82) is 0 Å². The zero-order valence-electron chi connectivity index (χ0n) is 20.7. The van der Waals surface area contributed by atoms with Gasteiger partial charge in [-0.15, -0.1) is 0 Å². The number of thioether (sulfide) groups is 1. The molecule has 0 bridgehead atoms. The third-order valence-corrected chi connectivity index (χ3v) is 6.63. The Kier molecular flexibility index (Phi) is 6.34. The molecule has 1 aromatic heterocycles. The van der Waals surface area contributed by atoms with Gasteiger partial charge in [0.1, 0.15) is 0 Å². The van der Waals surface area contributed by atoms with Crippen LogP contribution in [-0.2, 0) is 16.1 Å². The predicted octanol–water partition coefficient (Wildman–Crippen LogP) is 6.29. The summed E-state index contributed by atoms with van der Waals surface area (Å²) in [6, 6.07) is 15.8. The van der Waals surface area contributed by atoms with Crippen molar-refractivity contribution >= 4 is 35.0 Å². The molecule has 0 saturated heterocycles. The second kappa shape index (κ2) is 8.95. The molecule has 2 aromatic carbocycles. The summed E-state index contributed by atoms with van der Waals surface area (Å²) in [5.41, 5.74) is 4.68. The van der Waals surface area contributed by atoms with Crippen molar-refractivity contribution in [2.45, 2.75) is 53.2 Å². The number of imidazole rings is 1. The van der Waals surface area contributed by atoms with Gasteiger partial charge in [0.25, 0.3) is 0 Å². The standard InChI is InChI=1S/C27H32N4O2S/c1-26(2,3)23(32)28-19-11-7-17(8-12-19)21-22(31-15-16-34-25(31)30-21)18-9-13-20(14-10-18)29-24(33)27(4,5)6/h7-14H,15-16H2,1-6H3,(H,28,32)(H,29,33). The molecule has 2 amide bonds. The Bertz CT molecular complexity index is 1210. The van der Waals surface area contributed by atoms with E-state index in [-0.39, 0.29) is 11.8 Å². The van der Waals surface area contributed by atoms with E-state index in [9.17, 15) is 9.59 Å². The average Bonchev–Trinajstić information content (AvgIpc) is 3.35. The highest BCUT2D eigenvalue weighted by molar-refractivity contribution is 7.99. The lowest BCUT2D eigenvalue weighted by atomic mass is 9.95. The topological polar surface area (TPSA) is 76.0 Å². The molecule has 2 N–H and O–H groups in total. The van der Waals surface area contributed by atoms with Gasteiger partial charge >= 0.3 is 0 Å². The molecule has 1 aliphatic rings. The third-order valence-electron chi connectivity index (χ3n) is 5.67. The SMILES string of the molecule is CC(C)(C)C(=O)Nc1ccc(-c2nc3n(c2-c2ccc(NC(=O)C(C)(C)C)cc2)CCS3)cc1. The van der Waals surface area contributed by atoms with Crippen LogP contribution in [0.15, 0.2) is 53.7 Å². The number of aromatic nitrogens is 2. The first-order valence-corrected chi connectivity index (χ1v) is 12.5. The molecule has 0 saturated carbocycles. The fraction of sp³-hybridized carbons (Fsp3) is 0.370.